The second-order valence-corrected chi connectivity index (χ2v) is 11.2. The molecule has 7 heteroatoms. The Kier molecular flexibility index (Phi) is 8.67. The summed E-state index contributed by atoms with van der Waals surface area (Å²) in [5, 5.41) is 1.14. The van der Waals surface area contributed by atoms with E-state index in [0.717, 1.165) is 12.8 Å². The molecule has 0 atom stereocenters. The minimum absolute atomic E-state index is 0.0212. The summed E-state index contributed by atoms with van der Waals surface area (Å²) in [6, 6.07) is 5.41. The monoisotopic (exact) mass is 474 g/mol. The molecule has 1 aromatic carbocycles. The van der Waals surface area contributed by atoms with E-state index in [1.165, 1.54) is 4.90 Å². The van der Waals surface area contributed by atoms with Crippen LogP contribution in [0.15, 0.2) is 23.0 Å². The highest BCUT2D eigenvalue weighted by molar-refractivity contribution is 5.97. The number of rotatable bonds is 8. The van der Waals surface area contributed by atoms with Crippen molar-refractivity contribution in [3.8, 4) is 11.5 Å². The smallest absolute Gasteiger partial charge is 0.415 e. The minimum Gasteiger partial charge on any atom is -0.491 e. The van der Waals surface area contributed by atoms with E-state index in [4.69, 9.17) is 14.2 Å². The Morgan fingerprint density at radius 3 is 2.26 bits per heavy atom. The lowest BCUT2D eigenvalue weighted by Crippen LogP contribution is -2.39. The summed E-state index contributed by atoms with van der Waals surface area (Å²) in [5.74, 6) is 1.51. The Balaban J connectivity index is 2.88. The Morgan fingerprint density at radius 2 is 1.74 bits per heavy atom. The van der Waals surface area contributed by atoms with Crippen molar-refractivity contribution in [2.45, 2.75) is 93.4 Å². The number of fused-ring (bicyclic) bond motifs is 1. The second kappa shape index (κ2) is 10.7. The van der Waals surface area contributed by atoms with Crippen molar-refractivity contribution in [3.63, 3.8) is 0 Å². The van der Waals surface area contributed by atoms with Crippen LogP contribution in [0.4, 0.5) is 10.6 Å². The number of anilines is 1. The standard InChI is InChI=1S/C27H42N2O5/c1-11-12-15-32-22-21-16-19(33-18(2)3)13-14-20(21)24(30)29(17-26(4,5)6)23(22)28(10)25(31)34-27(7,8)9/h13-14,16,18H,11-12,15,17H2,1-10H3. The molecule has 0 fully saturated rings. The summed E-state index contributed by atoms with van der Waals surface area (Å²) < 4.78 is 19.5. The number of carbonyl (C=O) groups excluding carboxylic acids is 1. The number of aromatic nitrogens is 1. The third-order valence-electron chi connectivity index (χ3n) is 4.90. The van der Waals surface area contributed by atoms with Gasteiger partial charge in [-0.05, 0) is 64.7 Å². The summed E-state index contributed by atoms with van der Waals surface area (Å²) in [4.78, 5) is 28.3. The van der Waals surface area contributed by atoms with Crippen LogP contribution in [0, 0.1) is 5.41 Å². The molecule has 7 nitrogen and oxygen atoms in total. The van der Waals surface area contributed by atoms with Crippen LogP contribution in [0.2, 0.25) is 0 Å². The summed E-state index contributed by atoms with van der Waals surface area (Å²) in [6.45, 7) is 18.5. The second-order valence-electron chi connectivity index (χ2n) is 11.2. The zero-order valence-corrected chi connectivity index (χ0v) is 22.6. The lowest BCUT2D eigenvalue weighted by atomic mass is 9.96. The zero-order chi connectivity index (χ0) is 25.8. The van der Waals surface area contributed by atoms with E-state index in [-0.39, 0.29) is 17.1 Å². The molecule has 1 amide bonds. The van der Waals surface area contributed by atoms with Gasteiger partial charge in [-0.15, -0.1) is 0 Å². The molecule has 190 valence electrons. The fourth-order valence-electron chi connectivity index (χ4n) is 3.56. The van der Waals surface area contributed by atoms with Gasteiger partial charge in [0.15, 0.2) is 11.6 Å². The maximum atomic E-state index is 13.7. The molecule has 0 unspecified atom stereocenters. The third-order valence-corrected chi connectivity index (χ3v) is 4.90. The van der Waals surface area contributed by atoms with Crippen LogP contribution in [0.5, 0.6) is 11.5 Å². The summed E-state index contributed by atoms with van der Waals surface area (Å²) in [7, 11) is 1.62. The molecule has 0 bridgehead atoms. The highest BCUT2D eigenvalue weighted by Gasteiger charge is 2.29. The average molecular weight is 475 g/mol. The first-order chi connectivity index (χ1) is 15.6. The maximum Gasteiger partial charge on any atom is 0.415 e. The van der Waals surface area contributed by atoms with Gasteiger partial charge in [-0.25, -0.2) is 4.79 Å². The third kappa shape index (κ3) is 7.15. The van der Waals surface area contributed by atoms with Gasteiger partial charge >= 0.3 is 6.09 Å². The minimum atomic E-state index is -0.682. The fourth-order valence-corrected chi connectivity index (χ4v) is 3.56. The van der Waals surface area contributed by atoms with Crippen LogP contribution in [-0.4, -0.2) is 36.0 Å². The van der Waals surface area contributed by atoms with Gasteiger partial charge < -0.3 is 14.2 Å². The molecule has 0 saturated carbocycles. The number of unbranched alkanes of at least 4 members (excludes halogenated alkanes) is 1. The first kappa shape index (κ1) is 27.5. The normalized spacial score (nSPS) is 12.2. The number of nitrogens with zero attached hydrogens (tertiary/aromatic N) is 2. The van der Waals surface area contributed by atoms with Gasteiger partial charge in [0.05, 0.1) is 18.1 Å². The number of benzene rings is 1. The molecule has 0 aliphatic carbocycles. The van der Waals surface area contributed by atoms with Crippen LogP contribution >= 0.6 is 0 Å². The van der Waals surface area contributed by atoms with Gasteiger partial charge in [0.25, 0.3) is 5.56 Å². The van der Waals surface area contributed by atoms with Crippen molar-refractivity contribution in [1.29, 1.82) is 0 Å². The molecule has 0 saturated heterocycles. The van der Waals surface area contributed by atoms with E-state index in [2.05, 4.69) is 27.7 Å². The van der Waals surface area contributed by atoms with Crippen LogP contribution in [0.3, 0.4) is 0 Å². The van der Waals surface area contributed by atoms with Gasteiger partial charge in [-0.3, -0.25) is 14.3 Å². The fraction of sp³-hybridized carbons (Fsp3) is 0.630. The first-order valence-corrected chi connectivity index (χ1v) is 12.1. The molecule has 2 aromatic rings. The predicted octanol–water partition coefficient (Wildman–Crippen LogP) is 6.39. The average Bonchev–Trinajstić information content (AvgIpc) is 2.68. The van der Waals surface area contributed by atoms with E-state index in [1.807, 2.05) is 40.7 Å². The van der Waals surface area contributed by atoms with Gasteiger partial charge in [0.1, 0.15) is 11.4 Å². The Bertz CT molecular complexity index is 1060. The molecule has 0 radical (unpaired) electrons. The zero-order valence-electron chi connectivity index (χ0n) is 22.6. The SMILES string of the molecule is CCCCOc1c(N(C)C(=O)OC(C)(C)C)n(CC(C)(C)C)c(=O)c2ccc(OC(C)C)cc12. The number of ether oxygens (including phenoxy) is 3. The van der Waals surface area contributed by atoms with Crippen molar-refractivity contribution >= 4 is 22.7 Å². The van der Waals surface area contributed by atoms with Crippen LogP contribution in [-0.2, 0) is 11.3 Å². The van der Waals surface area contributed by atoms with Crippen LogP contribution < -0.4 is 19.9 Å². The summed E-state index contributed by atoms with van der Waals surface area (Å²) in [6.07, 6.45) is 1.23. The maximum absolute atomic E-state index is 13.7. The quantitative estimate of drug-likeness (QED) is 0.415. The molecule has 0 aliphatic heterocycles. The van der Waals surface area contributed by atoms with Gasteiger partial charge in [0, 0.05) is 19.0 Å². The molecule has 0 spiro atoms. The number of pyridine rings is 1. The highest BCUT2D eigenvalue weighted by Crippen LogP contribution is 2.38. The van der Waals surface area contributed by atoms with Crippen LogP contribution in [0.25, 0.3) is 10.8 Å². The molecule has 2 rings (SSSR count). The summed E-state index contributed by atoms with van der Waals surface area (Å²) >= 11 is 0. The number of amides is 1. The van der Waals surface area contributed by atoms with Crippen LogP contribution in [0.1, 0.15) is 75.2 Å². The molecule has 1 heterocycles. The number of carbonyl (C=O) groups is 1. The number of hydrogen-bond acceptors (Lipinski definition) is 5. The van der Waals surface area contributed by atoms with Crippen molar-refractivity contribution in [2.24, 2.45) is 5.41 Å². The summed E-state index contributed by atoms with van der Waals surface area (Å²) in [5.41, 5.74) is -1.09. The molecule has 0 N–H and O–H groups in total. The van der Waals surface area contributed by atoms with Gasteiger partial charge in [-0.2, -0.15) is 0 Å². The molecule has 0 aliphatic rings. The van der Waals surface area contributed by atoms with Crippen molar-refractivity contribution in [2.75, 3.05) is 18.6 Å². The van der Waals surface area contributed by atoms with E-state index in [0.29, 0.717) is 41.2 Å². The first-order valence-electron chi connectivity index (χ1n) is 12.1. The topological polar surface area (TPSA) is 70.0 Å². The highest BCUT2D eigenvalue weighted by atomic mass is 16.6. The molecular weight excluding hydrogens is 432 g/mol. The Labute approximate surface area is 204 Å². The van der Waals surface area contributed by atoms with Crippen molar-refractivity contribution in [3.05, 3.63) is 28.6 Å². The number of hydrogen-bond donors (Lipinski definition) is 0. The lowest BCUT2D eigenvalue weighted by molar-refractivity contribution is 0.0585. The van der Waals surface area contributed by atoms with E-state index < -0.39 is 11.7 Å². The van der Waals surface area contributed by atoms with Crippen molar-refractivity contribution < 1.29 is 19.0 Å². The van der Waals surface area contributed by atoms with Gasteiger partial charge in [0.2, 0.25) is 0 Å². The largest absolute Gasteiger partial charge is 0.491 e. The molecule has 1 aromatic heterocycles. The lowest BCUT2D eigenvalue weighted by Gasteiger charge is -2.31. The Hall–Kier alpha value is -2.70. The van der Waals surface area contributed by atoms with E-state index in [9.17, 15) is 9.59 Å². The predicted molar refractivity (Wildman–Crippen MR) is 138 cm³/mol. The van der Waals surface area contributed by atoms with E-state index in [1.54, 1.807) is 23.7 Å². The van der Waals surface area contributed by atoms with E-state index >= 15 is 0 Å². The van der Waals surface area contributed by atoms with Gasteiger partial charge in [-0.1, -0.05) is 34.1 Å². The van der Waals surface area contributed by atoms with Crippen molar-refractivity contribution in [1.82, 2.24) is 4.57 Å². The molecular formula is C27H42N2O5. The molecule has 34 heavy (non-hydrogen) atoms. The Morgan fingerprint density at radius 1 is 1.09 bits per heavy atom.